The van der Waals surface area contributed by atoms with Crippen molar-refractivity contribution in [2.75, 3.05) is 0 Å². The van der Waals surface area contributed by atoms with Gasteiger partial charge in [-0.3, -0.25) is 4.79 Å². The molecule has 3 aromatic rings. The van der Waals surface area contributed by atoms with Crippen molar-refractivity contribution in [2.24, 2.45) is 0 Å². The minimum absolute atomic E-state index is 0.172. The first-order chi connectivity index (χ1) is 12.1. The van der Waals surface area contributed by atoms with E-state index in [1.165, 1.54) is 21.1 Å². The third kappa shape index (κ3) is 2.92. The zero-order chi connectivity index (χ0) is 17.4. The lowest BCUT2D eigenvalue weighted by Crippen LogP contribution is -2.28. The summed E-state index contributed by atoms with van der Waals surface area (Å²) >= 11 is 0. The van der Waals surface area contributed by atoms with Gasteiger partial charge in [-0.25, -0.2) is 13.9 Å². The Labute approximate surface area is 145 Å². The molecule has 0 N–H and O–H groups in total. The lowest BCUT2D eigenvalue weighted by molar-refractivity contribution is 0.346. The maximum Gasteiger partial charge on any atom is 0.350 e. The molecule has 6 heteroatoms. The van der Waals surface area contributed by atoms with Crippen LogP contribution < -0.4 is 11.2 Å². The van der Waals surface area contributed by atoms with Crippen LogP contribution in [0.25, 0.3) is 5.65 Å². The number of aryl methyl sites for hydroxylation is 1. The van der Waals surface area contributed by atoms with Gasteiger partial charge in [0, 0.05) is 18.4 Å². The zero-order valence-corrected chi connectivity index (χ0v) is 14.4. The molecule has 0 unspecified atom stereocenters. The van der Waals surface area contributed by atoms with Crippen LogP contribution in [-0.2, 0) is 6.54 Å². The zero-order valence-electron chi connectivity index (χ0n) is 14.4. The minimum atomic E-state index is -0.275. The van der Waals surface area contributed by atoms with Gasteiger partial charge in [-0.1, -0.05) is 49.1 Å². The van der Waals surface area contributed by atoms with E-state index in [1.54, 1.807) is 17.0 Å². The average Bonchev–Trinajstić information content (AvgIpc) is 2.95. The average molecular weight is 338 g/mol. The molecule has 2 heterocycles. The van der Waals surface area contributed by atoms with Gasteiger partial charge in [0.25, 0.3) is 5.56 Å². The van der Waals surface area contributed by atoms with Gasteiger partial charge in [0.05, 0.1) is 6.54 Å². The van der Waals surface area contributed by atoms with E-state index < -0.39 is 0 Å². The Morgan fingerprint density at radius 1 is 1.04 bits per heavy atom. The maximum atomic E-state index is 12.8. The lowest BCUT2D eigenvalue weighted by Gasteiger charge is -2.23. The molecule has 2 aromatic heterocycles. The highest BCUT2D eigenvalue weighted by molar-refractivity contribution is 5.33. The highest BCUT2D eigenvalue weighted by atomic mass is 16.2. The predicted molar refractivity (Wildman–Crippen MR) is 96.1 cm³/mol. The summed E-state index contributed by atoms with van der Waals surface area (Å²) in [7, 11) is 0. The molecule has 1 aliphatic carbocycles. The fraction of sp³-hybridized carbons (Fsp3) is 0.421. The Morgan fingerprint density at radius 2 is 1.76 bits per heavy atom. The van der Waals surface area contributed by atoms with Crippen molar-refractivity contribution in [3.63, 3.8) is 0 Å². The SMILES string of the molecule is Cc1ccc(Cn2nc3c(=O)n(C4CCCCC4)ccn3c2=O)cc1. The first-order valence-corrected chi connectivity index (χ1v) is 8.89. The molecule has 1 aromatic carbocycles. The molecule has 0 saturated heterocycles. The molecule has 1 saturated carbocycles. The molecular formula is C19H22N4O2. The molecule has 0 aliphatic heterocycles. The predicted octanol–water partition coefficient (Wildman–Crippen LogP) is 2.52. The quantitative estimate of drug-likeness (QED) is 0.737. The lowest BCUT2D eigenvalue weighted by atomic mass is 9.95. The molecule has 0 amide bonds. The molecule has 0 bridgehead atoms. The fourth-order valence-electron chi connectivity index (χ4n) is 3.64. The van der Waals surface area contributed by atoms with E-state index >= 15 is 0 Å². The summed E-state index contributed by atoms with van der Waals surface area (Å²) in [4.78, 5) is 25.4. The van der Waals surface area contributed by atoms with Crippen molar-refractivity contribution in [3.8, 4) is 0 Å². The monoisotopic (exact) mass is 338 g/mol. The largest absolute Gasteiger partial charge is 0.350 e. The van der Waals surface area contributed by atoms with Crippen LogP contribution in [-0.4, -0.2) is 18.7 Å². The fourth-order valence-corrected chi connectivity index (χ4v) is 3.64. The summed E-state index contributed by atoms with van der Waals surface area (Å²) in [5.41, 5.74) is 1.92. The van der Waals surface area contributed by atoms with Gasteiger partial charge in [-0.05, 0) is 25.3 Å². The van der Waals surface area contributed by atoms with Crippen molar-refractivity contribution < 1.29 is 0 Å². The van der Waals surface area contributed by atoms with E-state index in [9.17, 15) is 9.59 Å². The smallest absolute Gasteiger partial charge is 0.308 e. The topological polar surface area (TPSA) is 61.3 Å². The molecular weight excluding hydrogens is 316 g/mol. The van der Waals surface area contributed by atoms with Crippen LogP contribution in [0.2, 0.25) is 0 Å². The third-order valence-electron chi connectivity index (χ3n) is 5.09. The Balaban J connectivity index is 1.73. The van der Waals surface area contributed by atoms with E-state index in [4.69, 9.17) is 0 Å². The molecule has 25 heavy (non-hydrogen) atoms. The van der Waals surface area contributed by atoms with Gasteiger partial charge < -0.3 is 4.57 Å². The van der Waals surface area contributed by atoms with Gasteiger partial charge in [0.2, 0.25) is 5.65 Å². The van der Waals surface area contributed by atoms with Crippen molar-refractivity contribution in [3.05, 3.63) is 68.6 Å². The number of aromatic nitrogens is 4. The van der Waals surface area contributed by atoms with E-state index in [-0.39, 0.29) is 22.9 Å². The Morgan fingerprint density at radius 3 is 2.48 bits per heavy atom. The van der Waals surface area contributed by atoms with Crippen LogP contribution in [0.1, 0.15) is 49.3 Å². The van der Waals surface area contributed by atoms with Crippen molar-refractivity contribution in [1.29, 1.82) is 0 Å². The second-order valence-corrected chi connectivity index (χ2v) is 6.92. The number of hydrogen-bond acceptors (Lipinski definition) is 3. The maximum absolute atomic E-state index is 12.8. The molecule has 0 radical (unpaired) electrons. The Hall–Kier alpha value is -2.63. The summed E-state index contributed by atoms with van der Waals surface area (Å²) in [6, 6.07) is 8.19. The van der Waals surface area contributed by atoms with Crippen LogP contribution in [0.15, 0.2) is 46.2 Å². The van der Waals surface area contributed by atoms with Crippen LogP contribution in [0.5, 0.6) is 0 Å². The van der Waals surface area contributed by atoms with Crippen LogP contribution in [0, 0.1) is 6.92 Å². The van der Waals surface area contributed by atoms with Gasteiger partial charge in [0.15, 0.2) is 0 Å². The minimum Gasteiger partial charge on any atom is -0.308 e. The number of rotatable bonds is 3. The van der Waals surface area contributed by atoms with Crippen molar-refractivity contribution in [2.45, 2.75) is 51.6 Å². The van der Waals surface area contributed by atoms with Gasteiger partial charge in [-0.2, -0.15) is 0 Å². The summed E-state index contributed by atoms with van der Waals surface area (Å²) < 4.78 is 4.49. The van der Waals surface area contributed by atoms with E-state index in [1.807, 2.05) is 31.2 Å². The highest BCUT2D eigenvalue weighted by Gasteiger charge is 2.19. The summed E-state index contributed by atoms with van der Waals surface area (Å²) in [5, 5.41) is 4.32. The summed E-state index contributed by atoms with van der Waals surface area (Å²) in [5.74, 6) is 0. The second kappa shape index (κ2) is 6.35. The number of fused-ring (bicyclic) bond motifs is 1. The van der Waals surface area contributed by atoms with E-state index in [0.29, 0.717) is 6.54 Å². The molecule has 1 fully saturated rings. The first-order valence-electron chi connectivity index (χ1n) is 8.89. The van der Waals surface area contributed by atoms with Gasteiger partial charge in [-0.15, -0.1) is 5.10 Å². The van der Waals surface area contributed by atoms with E-state index in [2.05, 4.69) is 5.10 Å². The molecule has 4 rings (SSSR count). The molecule has 6 nitrogen and oxygen atoms in total. The summed E-state index contributed by atoms with van der Waals surface area (Å²) in [6.45, 7) is 2.39. The van der Waals surface area contributed by atoms with Crippen molar-refractivity contribution >= 4 is 5.65 Å². The standard InChI is InChI=1S/C19H22N4O2/c1-14-7-9-15(10-8-14)13-23-19(25)22-12-11-21(18(24)17(22)20-23)16-5-3-2-4-6-16/h7-12,16H,2-6,13H2,1H3. The Kier molecular flexibility index (Phi) is 4.03. The van der Waals surface area contributed by atoms with Gasteiger partial charge in [0.1, 0.15) is 0 Å². The molecule has 0 atom stereocenters. The molecule has 0 spiro atoms. The summed E-state index contributed by atoms with van der Waals surface area (Å²) in [6.07, 6.45) is 8.98. The molecule has 130 valence electrons. The van der Waals surface area contributed by atoms with Crippen LogP contribution in [0.4, 0.5) is 0 Å². The first kappa shape index (κ1) is 15.9. The highest BCUT2D eigenvalue weighted by Crippen LogP contribution is 2.26. The van der Waals surface area contributed by atoms with Crippen molar-refractivity contribution in [1.82, 2.24) is 18.7 Å². The third-order valence-corrected chi connectivity index (χ3v) is 5.09. The number of benzene rings is 1. The molecule has 1 aliphatic rings. The van der Waals surface area contributed by atoms with Crippen LogP contribution >= 0.6 is 0 Å². The Bertz CT molecular complexity index is 1000. The van der Waals surface area contributed by atoms with E-state index in [0.717, 1.165) is 31.2 Å². The number of hydrogen-bond donors (Lipinski definition) is 0. The van der Waals surface area contributed by atoms with Gasteiger partial charge >= 0.3 is 5.69 Å². The van der Waals surface area contributed by atoms with Crippen LogP contribution in [0.3, 0.4) is 0 Å². The second-order valence-electron chi connectivity index (χ2n) is 6.92. The number of nitrogens with zero attached hydrogens (tertiary/aromatic N) is 4. The normalized spacial score (nSPS) is 15.7.